The summed E-state index contributed by atoms with van der Waals surface area (Å²) in [5.41, 5.74) is -0.685. The Balaban J connectivity index is 1.53. The van der Waals surface area contributed by atoms with Crippen LogP contribution in [0.3, 0.4) is 0 Å². The third kappa shape index (κ3) is 5.41. The number of nitrogens with zero attached hydrogens (tertiary/aromatic N) is 5. The van der Waals surface area contributed by atoms with Crippen molar-refractivity contribution in [2.24, 2.45) is 0 Å². The number of rotatable bonds is 5. The fourth-order valence-electron chi connectivity index (χ4n) is 3.61. The molecular formula is C22H25F3N6O2. The Kier molecular flexibility index (Phi) is 6.00. The van der Waals surface area contributed by atoms with Gasteiger partial charge < -0.3 is 19.7 Å². The van der Waals surface area contributed by atoms with E-state index >= 15 is 0 Å². The summed E-state index contributed by atoms with van der Waals surface area (Å²) in [6, 6.07) is 6.93. The van der Waals surface area contributed by atoms with Crippen molar-refractivity contribution in [2.45, 2.75) is 51.4 Å². The van der Waals surface area contributed by atoms with Gasteiger partial charge in [0.25, 0.3) is 0 Å². The summed E-state index contributed by atoms with van der Waals surface area (Å²) in [5.74, 6) is 0.828. The first-order valence-corrected chi connectivity index (χ1v) is 10.6. The first-order chi connectivity index (χ1) is 15.5. The number of hydrogen-bond acceptors (Lipinski definition) is 8. The van der Waals surface area contributed by atoms with Crippen LogP contribution in [0, 0.1) is 6.92 Å². The average Bonchev–Trinajstić information content (AvgIpc) is 3.19. The molecule has 0 amide bonds. The van der Waals surface area contributed by atoms with Crippen LogP contribution in [-0.4, -0.2) is 44.4 Å². The molecule has 0 radical (unpaired) electrons. The highest BCUT2D eigenvalue weighted by Crippen LogP contribution is 2.32. The zero-order chi connectivity index (χ0) is 23.8. The molecule has 2 aromatic heterocycles. The van der Waals surface area contributed by atoms with Crippen molar-refractivity contribution in [1.82, 2.24) is 20.2 Å². The van der Waals surface area contributed by atoms with E-state index in [1.165, 1.54) is 12.1 Å². The highest BCUT2D eigenvalue weighted by Gasteiger charge is 2.30. The molecule has 3 heterocycles. The average molecular weight is 462 g/mol. The number of hydrogen-bond donors (Lipinski definition) is 2. The van der Waals surface area contributed by atoms with E-state index in [2.05, 4.69) is 25.5 Å². The number of benzene rings is 1. The second-order valence-electron chi connectivity index (χ2n) is 8.61. The minimum atomic E-state index is -4.41. The van der Waals surface area contributed by atoms with Gasteiger partial charge in [-0.15, -0.1) is 5.10 Å². The summed E-state index contributed by atoms with van der Waals surface area (Å²) in [6.07, 6.45) is -2.87. The molecule has 0 unspecified atom stereocenters. The van der Waals surface area contributed by atoms with Crippen LogP contribution in [0.15, 0.2) is 34.7 Å². The summed E-state index contributed by atoms with van der Waals surface area (Å²) in [7, 11) is 0. The Morgan fingerprint density at radius 3 is 2.27 bits per heavy atom. The molecule has 1 aromatic carbocycles. The van der Waals surface area contributed by atoms with Gasteiger partial charge in [-0.2, -0.15) is 13.2 Å². The van der Waals surface area contributed by atoms with Gasteiger partial charge in [0.15, 0.2) is 0 Å². The summed E-state index contributed by atoms with van der Waals surface area (Å²) < 4.78 is 44.2. The maximum atomic E-state index is 12.9. The van der Waals surface area contributed by atoms with Gasteiger partial charge in [0.1, 0.15) is 5.60 Å². The van der Waals surface area contributed by atoms with E-state index in [-0.39, 0.29) is 6.04 Å². The number of alkyl halides is 3. The van der Waals surface area contributed by atoms with Crippen LogP contribution in [0.25, 0.3) is 11.3 Å². The molecule has 0 saturated carbocycles. The normalized spacial score (nSPS) is 15.7. The minimum absolute atomic E-state index is 0.0720. The van der Waals surface area contributed by atoms with Crippen LogP contribution in [-0.2, 0) is 11.8 Å². The predicted octanol–water partition coefficient (Wildman–Crippen LogP) is 4.16. The molecule has 11 heteroatoms. The standard InChI is InChI=1S/C22H25F3N6O2/c1-13-29-30-20(33-13)31-10-8-16(9-11-31)26-19-27-17(12-18(28-19)21(2,3)32)14-4-6-15(7-5-14)22(23,24)25/h4-7,12,16,32H,8-11H2,1-3H3,(H,26,27,28). The van der Waals surface area contributed by atoms with Crippen molar-refractivity contribution in [3.63, 3.8) is 0 Å². The van der Waals surface area contributed by atoms with Gasteiger partial charge in [-0.3, -0.25) is 0 Å². The Morgan fingerprint density at radius 2 is 1.73 bits per heavy atom. The third-order valence-corrected chi connectivity index (χ3v) is 5.48. The largest absolute Gasteiger partial charge is 0.416 e. The van der Waals surface area contributed by atoms with Crippen LogP contribution >= 0.6 is 0 Å². The number of aliphatic hydroxyl groups is 1. The molecular weight excluding hydrogens is 437 g/mol. The van der Waals surface area contributed by atoms with Gasteiger partial charge in [0.2, 0.25) is 11.8 Å². The van der Waals surface area contributed by atoms with Gasteiger partial charge in [0.05, 0.1) is 17.0 Å². The number of halogens is 3. The van der Waals surface area contributed by atoms with Crippen molar-refractivity contribution < 1.29 is 22.7 Å². The van der Waals surface area contributed by atoms with Gasteiger partial charge >= 0.3 is 12.2 Å². The quantitative estimate of drug-likeness (QED) is 0.583. The summed E-state index contributed by atoms with van der Waals surface area (Å²) >= 11 is 0. The molecule has 33 heavy (non-hydrogen) atoms. The number of aromatic nitrogens is 4. The lowest BCUT2D eigenvalue weighted by Crippen LogP contribution is -2.39. The molecule has 0 atom stereocenters. The molecule has 0 spiro atoms. The lowest BCUT2D eigenvalue weighted by Gasteiger charge is -2.31. The first kappa shape index (κ1) is 23.0. The first-order valence-electron chi connectivity index (χ1n) is 10.6. The van der Waals surface area contributed by atoms with Crippen LogP contribution in [0.1, 0.15) is 43.8 Å². The smallest absolute Gasteiger partial charge is 0.408 e. The highest BCUT2D eigenvalue weighted by atomic mass is 19.4. The van der Waals surface area contributed by atoms with E-state index in [9.17, 15) is 18.3 Å². The Bertz CT molecular complexity index is 1100. The van der Waals surface area contributed by atoms with Gasteiger partial charge in [-0.05, 0) is 44.9 Å². The Hall–Kier alpha value is -3.21. The van der Waals surface area contributed by atoms with Crippen molar-refractivity contribution in [3.8, 4) is 11.3 Å². The van der Waals surface area contributed by atoms with Gasteiger partial charge in [-0.1, -0.05) is 17.2 Å². The van der Waals surface area contributed by atoms with Crippen molar-refractivity contribution >= 4 is 12.0 Å². The van der Waals surface area contributed by atoms with E-state index in [4.69, 9.17) is 4.42 Å². The summed E-state index contributed by atoms with van der Waals surface area (Å²) in [5, 5.41) is 21.7. The Labute approximate surface area is 188 Å². The molecule has 1 fully saturated rings. The number of aryl methyl sites for hydroxylation is 1. The predicted molar refractivity (Wildman–Crippen MR) is 116 cm³/mol. The molecule has 4 rings (SSSR count). The second-order valence-corrected chi connectivity index (χ2v) is 8.61. The van der Waals surface area contributed by atoms with E-state index in [1.807, 2.05) is 4.90 Å². The molecule has 176 valence electrons. The minimum Gasteiger partial charge on any atom is -0.408 e. The monoisotopic (exact) mass is 462 g/mol. The molecule has 8 nitrogen and oxygen atoms in total. The molecule has 0 bridgehead atoms. The maximum Gasteiger partial charge on any atom is 0.416 e. The van der Waals surface area contributed by atoms with Crippen molar-refractivity contribution in [1.29, 1.82) is 0 Å². The van der Waals surface area contributed by atoms with E-state index < -0.39 is 17.3 Å². The third-order valence-electron chi connectivity index (χ3n) is 5.48. The van der Waals surface area contributed by atoms with Crippen LogP contribution in [0.4, 0.5) is 25.1 Å². The highest BCUT2D eigenvalue weighted by molar-refractivity contribution is 5.61. The summed E-state index contributed by atoms with van der Waals surface area (Å²) in [6.45, 7) is 6.35. The van der Waals surface area contributed by atoms with E-state index in [0.717, 1.165) is 25.0 Å². The van der Waals surface area contributed by atoms with Crippen LogP contribution in [0.5, 0.6) is 0 Å². The van der Waals surface area contributed by atoms with Crippen LogP contribution < -0.4 is 10.2 Å². The second kappa shape index (κ2) is 8.62. The van der Waals surface area contributed by atoms with Crippen molar-refractivity contribution in [3.05, 3.63) is 47.5 Å². The lowest BCUT2D eigenvalue weighted by atomic mass is 10.0. The number of piperidine rings is 1. The molecule has 0 aliphatic carbocycles. The summed E-state index contributed by atoms with van der Waals surface area (Å²) in [4.78, 5) is 11.0. The SMILES string of the molecule is Cc1nnc(N2CCC(Nc3nc(-c4ccc(C(F)(F)F)cc4)cc(C(C)(C)O)n3)CC2)o1. The fourth-order valence-corrected chi connectivity index (χ4v) is 3.61. The van der Waals surface area contributed by atoms with Gasteiger partial charge in [0, 0.05) is 31.6 Å². The zero-order valence-electron chi connectivity index (χ0n) is 18.5. The topological polar surface area (TPSA) is 100 Å². The van der Waals surface area contributed by atoms with E-state index in [1.54, 1.807) is 26.8 Å². The molecule has 1 saturated heterocycles. The number of anilines is 2. The maximum absolute atomic E-state index is 12.9. The number of nitrogens with one attached hydrogen (secondary N) is 1. The molecule has 3 aromatic rings. The van der Waals surface area contributed by atoms with E-state index in [0.29, 0.717) is 47.9 Å². The van der Waals surface area contributed by atoms with Crippen LogP contribution in [0.2, 0.25) is 0 Å². The fraction of sp³-hybridized carbons (Fsp3) is 0.455. The molecule has 1 aliphatic heterocycles. The zero-order valence-corrected chi connectivity index (χ0v) is 18.5. The van der Waals surface area contributed by atoms with Gasteiger partial charge in [-0.25, -0.2) is 9.97 Å². The molecule has 2 N–H and O–H groups in total. The lowest BCUT2D eigenvalue weighted by molar-refractivity contribution is -0.137. The molecule has 1 aliphatic rings. The van der Waals surface area contributed by atoms with Crippen molar-refractivity contribution in [2.75, 3.05) is 23.3 Å². The Morgan fingerprint density at radius 1 is 1.06 bits per heavy atom.